The molecular weight excluding hydrogens is 330 g/mol. The summed E-state index contributed by atoms with van der Waals surface area (Å²) in [7, 11) is 0. The van der Waals surface area contributed by atoms with Gasteiger partial charge in [0.05, 0.1) is 12.2 Å². The van der Waals surface area contributed by atoms with E-state index in [-0.39, 0.29) is 23.2 Å². The molecule has 6 N–H and O–H groups in total. The van der Waals surface area contributed by atoms with E-state index in [0.717, 1.165) is 25.7 Å². The molecule has 0 aromatic rings. The van der Waals surface area contributed by atoms with Crippen molar-refractivity contribution in [2.75, 3.05) is 0 Å². The highest BCUT2D eigenvalue weighted by Gasteiger charge is 2.66. The molecule has 26 heavy (non-hydrogen) atoms. The molecule has 0 aromatic carbocycles. The Bertz CT molecular complexity index is 489. The standard InChI is InChI=1S/C21H41NO4/c1-7-12(2)8-9-14-13(3)16(23)17(24)18-19(4,5)11-10-15(20(14,18)6)21(22,25)26/h12-18,23-26H,7-11,22H2,1-6H3/t12-,13-,14+,15?,16+,17+,18+,20+/m1/s1. The van der Waals surface area contributed by atoms with E-state index in [9.17, 15) is 20.4 Å². The van der Waals surface area contributed by atoms with Crippen molar-refractivity contribution in [2.45, 2.75) is 91.8 Å². The number of aliphatic hydroxyl groups excluding tert-OH is 2. The smallest absolute Gasteiger partial charge is 0.223 e. The van der Waals surface area contributed by atoms with Crippen molar-refractivity contribution >= 4 is 0 Å². The van der Waals surface area contributed by atoms with Crippen molar-refractivity contribution in [3.63, 3.8) is 0 Å². The van der Waals surface area contributed by atoms with Crippen LogP contribution in [0.4, 0.5) is 0 Å². The molecule has 0 bridgehead atoms. The third-order valence-electron chi connectivity index (χ3n) is 8.18. The van der Waals surface area contributed by atoms with Crippen molar-refractivity contribution in [3.8, 4) is 0 Å². The lowest BCUT2D eigenvalue weighted by Crippen LogP contribution is -2.69. The van der Waals surface area contributed by atoms with E-state index < -0.39 is 29.5 Å². The van der Waals surface area contributed by atoms with Crippen molar-refractivity contribution in [1.29, 1.82) is 0 Å². The Hall–Kier alpha value is -0.200. The zero-order chi connectivity index (χ0) is 20.1. The zero-order valence-corrected chi connectivity index (χ0v) is 17.4. The van der Waals surface area contributed by atoms with Crippen molar-refractivity contribution in [3.05, 3.63) is 0 Å². The second kappa shape index (κ2) is 7.32. The van der Waals surface area contributed by atoms with E-state index in [1.807, 2.05) is 6.92 Å². The average Bonchev–Trinajstić information content (AvgIpc) is 2.50. The maximum Gasteiger partial charge on any atom is 0.223 e. The SMILES string of the molecule is CC[C@@H](C)CC[C@H]1[C@@H](C)[C@H](O)[C@H](O)[C@H]2C(C)(C)CCC(C(N)(O)O)[C@]12C. The minimum atomic E-state index is -2.28. The molecule has 154 valence electrons. The fourth-order valence-corrected chi connectivity index (χ4v) is 6.59. The molecule has 2 saturated carbocycles. The van der Waals surface area contributed by atoms with E-state index >= 15 is 0 Å². The number of hydrogen-bond donors (Lipinski definition) is 5. The van der Waals surface area contributed by atoms with E-state index in [2.05, 4.69) is 34.6 Å². The molecular formula is C21H41NO4. The molecule has 0 radical (unpaired) electrons. The molecule has 1 unspecified atom stereocenters. The summed E-state index contributed by atoms with van der Waals surface area (Å²) in [5.74, 6) is -2.50. The van der Waals surface area contributed by atoms with Crippen LogP contribution in [-0.4, -0.2) is 38.5 Å². The summed E-state index contributed by atoms with van der Waals surface area (Å²) >= 11 is 0. The minimum absolute atomic E-state index is 0.0756. The highest BCUT2D eigenvalue weighted by molar-refractivity contribution is 5.12. The van der Waals surface area contributed by atoms with Crippen LogP contribution in [0, 0.1) is 40.4 Å². The monoisotopic (exact) mass is 371 g/mol. The lowest BCUT2D eigenvalue weighted by molar-refractivity contribution is -0.299. The Balaban J connectivity index is 2.53. The molecule has 0 aromatic heterocycles. The van der Waals surface area contributed by atoms with Gasteiger partial charge in [-0.15, -0.1) is 0 Å². The number of nitrogens with two attached hydrogens (primary N) is 1. The summed E-state index contributed by atoms with van der Waals surface area (Å²) in [4.78, 5) is 0. The van der Waals surface area contributed by atoms with Crippen LogP contribution in [0.3, 0.4) is 0 Å². The van der Waals surface area contributed by atoms with Crippen LogP contribution in [0.25, 0.3) is 0 Å². The summed E-state index contributed by atoms with van der Waals surface area (Å²) in [6, 6.07) is 0. The Kier molecular flexibility index (Phi) is 6.22. The van der Waals surface area contributed by atoms with Gasteiger partial charge in [-0.25, -0.2) is 0 Å². The van der Waals surface area contributed by atoms with E-state index in [1.165, 1.54) is 0 Å². The Labute approximate surface area is 159 Å². The predicted molar refractivity (Wildman–Crippen MR) is 103 cm³/mol. The molecule has 2 aliphatic rings. The summed E-state index contributed by atoms with van der Waals surface area (Å²) in [5.41, 5.74) is 5.08. The van der Waals surface area contributed by atoms with Gasteiger partial charge in [0.2, 0.25) is 5.91 Å². The predicted octanol–water partition coefficient (Wildman–Crippen LogP) is 2.46. The number of fused-ring (bicyclic) bond motifs is 1. The fourth-order valence-electron chi connectivity index (χ4n) is 6.59. The van der Waals surface area contributed by atoms with Crippen molar-refractivity contribution < 1.29 is 20.4 Å². The Morgan fingerprint density at radius 1 is 1.15 bits per heavy atom. The first-order chi connectivity index (χ1) is 11.8. The van der Waals surface area contributed by atoms with E-state index in [1.54, 1.807) is 0 Å². The molecule has 0 spiro atoms. The largest absolute Gasteiger partial charge is 0.390 e. The summed E-state index contributed by atoms with van der Waals surface area (Å²) < 4.78 is 0. The van der Waals surface area contributed by atoms with Crippen LogP contribution in [0.2, 0.25) is 0 Å². The molecule has 0 amide bonds. The first-order valence-corrected chi connectivity index (χ1v) is 10.4. The average molecular weight is 372 g/mol. The third-order valence-corrected chi connectivity index (χ3v) is 8.18. The fraction of sp³-hybridized carbons (Fsp3) is 1.00. The quantitative estimate of drug-likeness (QED) is 0.477. The lowest BCUT2D eigenvalue weighted by atomic mass is 9.41. The molecule has 2 fully saturated rings. The topological polar surface area (TPSA) is 107 Å². The first-order valence-electron chi connectivity index (χ1n) is 10.4. The van der Waals surface area contributed by atoms with Gasteiger partial charge in [-0.05, 0) is 53.8 Å². The van der Waals surface area contributed by atoms with Gasteiger partial charge in [-0.3, -0.25) is 5.73 Å². The van der Waals surface area contributed by atoms with E-state index in [4.69, 9.17) is 5.73 Å². The molecule has 2 aliphatic carbocycles. The van der Waals surface area contributed by atoms with Crippen LogP contribution in [0.15, 0.2) is 0 Å². The Morgan fingerprint density at radius 3 is 2.23 bits per heavy atom. The number of aliphatic hydroxyl groups is 4. The highest BCUT2D eigenvalue weighted by atomic mass is 16.5. The Morgan fingerprint density at radius 2 is 1.73 bits per heavy atom. The second-order valence-corrected chi connectivity index (χ2v) is 10.2. The van der Waals surface area contributed by atoms with Gasteiger partial charge in [0.1, 0.15) is 0 Å². The molecule has 0 saturated heterocycles. The summed E-state index contributed by atoms with van der Waals surface area (Å²) in [6.45, 7) is 12.7. The van der Waals surface area contributed by atoms with Gasteiger partial charge < -0.3 is 20.4 Å². The molecule has 5 heteroatoms. The summed E-state index contributed by atoms with van der Waals surface area (Å²) in [5, 5.41) is 42.6. The van der Waals surface area contributed by atoms with Crippen LogP contribution in [0.1, 0.15) is 73.6 Å². The molecule has 5 nitrogen and oxygen atoms in total. The van der Waals surface area contributed by atoms with Gasteiger partial charge >= 0.3 is 0 Å². The van der Waals surface area contributed by atoms with E-state index in [0.29, 0.717) is 12.3 Å². The maximum atomic E-state index is 11.0. The van der Waals surface area contributed by atoms with Gasteiger partial charge in [-0.1, -0.05) is 54.4 Å². The highest BCUT2D eigenvalue weighted by Crippen LogP contribution is 2.65. The lowest BCUT2D eigenvalue weighted by Gasteiger charge is -2.66. The minimum Gasteiger partial charge on any atom is -0.390 e. The second-order valence-electron chi connectivity index (χ2n) is 10.2. The van der Waals surface area contributed by atoms with Gasteiger partial charge in [0.25, 0.3) is 0 Å². The molecule has 2 rings (SSSR count). The third kappa shape index (κ3) is 3.58. The van der Waals surface area contributed by atoms with Gasteiger partial charge in [-0.2, -0.15) is 0 Å². The van der Waals surface area contributed by atoms with Crippen molar-refractivity contribution in [2.24, 2.45) is 46.2 Å². The number of rotatable bonds is 5. The van der Waals surface area contributed by atoms with Crippen LogP contribution in [0.5, 0.6) is 0 Å². The van der Waals surface area contributed by atoms with Crippen LogP contribution in [-0.2, 0) is 0 Å². The maximum absolute atomic E-state index is 11.0. The zero-order valence-electron chi connectivity index (χ0n) is 17.4. The molecule has 0 aliphatic heterocycles. The van der Waals surface area contributed by atoms with Crippen LogP contribution >= 0.6 is 0 Å². The van der Waals surface area contributed by atoms with Crippen LogP contribution < -0.4 is 5.73 Å². The van der Waals surface area contributed by atoms with Gasteiger partial charge in [0.15, 0.2) is 0 Å². The number of hydrogen-bond acceptors (Lipinski definition) is 5. The molecule has 8 atom stereocenters. The normalized spacial score (nSPS) is 44.4. The van der Waals surface area contributed by atoms with Crippen molar-refractivity contribution in [1.82, 2.24) is 0 Å². The summed E-state index contributed by atoms with van der Waals surface area (Å²) in [6.07, 6.45) is 2.70. The molecule has 0 heterocycles. The first kappa shape index (κ1) is 22.1. The van der Waals surface area contributed by atoms with Gasteiger partial charge in [0, 0.05) is 5.92 Å².